The van der Waals surface area contributed by atoms with E-state index in [0.29, 0.717) is 21.8 Å². The number of carbonyl (C=O) groups excluding carboxylic acids is 1. The van der Waals surface area contributed by atoms with Crippen LogP contribution in [0.5, 0.6) is 0 Å². The summed E-state index contributed by atoms with van der Waals surface area (Å²) in [4.78, 5) is 14.6. The Bertz CT molecular complexity index is 413. The number of carbonyl (C=O) groups is 1. The molecule has 0 aliphatic carbocycles. The Hall–Kier alpha value is -1.61. The number of benzene rings is 1. The molecule has 1 aromatic rings. The van der Waals surface area contributed by atoms with Gasteiger partial charge in [-0.05, 0) is 24.9 Å². The van der Waals surface area contributed by atoms with E-state index in [9.17, 15) is 4.79 Å². The van der Waals surface area contributed by atoms with E-state index in [1.165, 1.54) is 0 Å². The van der Waals surface area contributed by atoms with Crippen LogP contribution in [0.25, 0.3) is 5.03 Å². The van der Waals surface area contributed by atoms with Crippen molar-refractivity contribution >= 4 is 34.9 Å². The van der Waals surface area contributed by atoms with E-state index in [0.717, 1.165) is 0 Å². The number of hydrogen-bond acceptors (Lipinski definition) is 2. The fourth-order valence-electron chi connectivity index (χ4n) is 1.04. The highest BCUT2D eigenvalue weighted by molar-refractivity contribution is 6.48. The number of rotatable bonds is 3. The Balaban J connectivity index is 3.34. The number of nitrogens with two attached hydrogens (primary N) is 1. The topological polar surface area (TPSA) is 55.4 Å². The predicted octanol–water partition coefficient (Wildman–Crippen LogP) is 2.33. The van der Waals surface area contributed by atoms with Crippen molar-refractivity contribution in [1.82, 2.24) is 0 Å². The van der Waals surface area contributed by atoms with Gasteiger partial charge >= 0.3 is 0 Å². The maximum Gasteiger partial charge on any atom is 0.248 e. The molecule has 0 aliphatic rings. The van der Waals surface area contributed by atoms with Gasteiger partial charge < -0.3 is 5.73 Å². The van der Waals surface area contributed by atoms with Gasteiger partial charge in [-0.2, -0.15) is 0 Å². The number of hydrogen-bond donors (Lipinski definition) is 1. The molecule has 0 fully saturated rings. The van der Waals surface area contributed by atoms with Crippen molar-refractivity contribution in [2.75, 3.05) is 0 Å². The number of amides is 1. The molecule has 72 valence electrons. The second-order valence-corrected chi connectivity index (χ2v) is 3.12. The summed E-state index contributed by atoms with van der Waals surface area (Å²) in [6, 6.07) is 4.73. The molecule has 4 heteroatoms. The highest BCUT2D eigenvalue weighted by Crippen LogP contribution is 2.28. The molecule has 3 nitrogen and oxygen atoms in total. The minimum Gasteiger partial charge on any atom is -0.366 e. The molecule has 0 atom stereocenters. The van der Waals surface area contributed by atoms with Crippen molar-refractivity contribution in [3.05, 3.63) is 35.9 Å². The molecule has 0 heterocycles. The fourth-order valence-corrected chi connectivity index (χ4v) is 1.20. The Morgan fingerprint density at radius 2 is 2.14 bits per heavy atom. The van der Waals surface area contributed by atoms with Gasteiger partial charge in [0, 0.05) is 16.2 Å². The van der Waals surface area contributed by atoms with Crippen LogP contribution in [0.3, 0.4) is 0 Å². The van der Waals surface area contributed by atoms with Crippen molar-refractivity contribution in [2.24, 2.45) is 10.7 Å². The molecule has 0 spiro atoms. The average Bonchev–Trinajstić information content (AvgIpc) is 2.16. The second-order valence-electron chi connectivity index (χ2n) is 2.66. The fraction of sp³-hybridized carbons (Fsp3) is 0. The van der Waals surface area contributed by atoms with Crippen molar-refractivity contribution in [1.29, 1.82) is 0 Å². The molecule has 1 rings (SSSR count). The third kappa shape index (κ3) is 2.00. The van der Waals surface area contributed by atoms with Crippen molar-refractivity contribution in [3.8, 4) is 0 Å². The van der Waals surface area contributed by atoms with Gasteiger partial charge in [-0.3, -0.25) is 9.79 Å². The van der Waals surface area contributed by atoms with E-state index in [-0.39, 0.29) is 0 Å². The van der Waals surface area contributed by atoms with Crippen LogP contribution >= 0.6 is 11.6 Å². The standard InChI is InChI=1S/C10H9ClN2O/c1-6(11)8-5-7(10(12)14)3-4-9(8)13-2/h3-5H,1-2H2,(H2,12,14). The maximum absolute atomic E-state index is 10.9. The predicted molar refractivity (Wildman–Crippen MR) is 59.1 cm³/mol. The Morgan fingerprint density at radius 3 is 2.57 bits per heavy atom. The van der Waals surface area contributed by atoms with E-state index >= 15 is 0 Å². The summed E-state index contributed by atoms with van der Waals surface area (Å²) in [7, 11) is 0. The van der Waals surface area contributed by atoms with Crippen LogP contribution in [0.1, 0.15) is 15.9 Å². The third-order valence-corrected chi connectivity index (χ3v) is 1.95. The van der Waals surface area contributed by atoms with Crippen LogP contribution in [0, 0.1) is 0 Å². The molecule has 0 unspecified atom stereocenters. The molecular formula is C10H9ClN2O. The largest absolute Gasteiger partial charge is 0.366 e. The zero-order valence-corrected chi connectivity index (χ0v) is 8.21. The van der Waals surface area contributed by atoms with E-state index in [1.807, 2.05) is 0 Å². The smallest absolute Gasteiger partial charge is 0.248 e. The van der Waals surface area contributed by atoms with Gasteiger partial charge in [0.05, 0.1) is 5.69 Å². The van der Waals surface area contributed by atoms with Gasteiger partial charge in [0.1, 0.15) is 0 Å². The highest BCUT2D eigenvalue weighted by atomic mass is 35.5. The molecule has 0 bridgehead atoms. The van der Waals surface area contributed by atoms with Crippen LogP contribution < -0.4 is 5.73 Å². The first-order valence-electron chi connectivity index (χ1n) is 3.81. The first kappa shape index (κ1) is 10.5. The molecule has 0 saturated carbocycles. The molecule has 1 amide bonds. The third-order valence-electron chi connectivity index (χ3n) is 1.74. The SMILES string of the molecule is C=Nc1ccc(C(N)=O)cc1C(=C)Cl. The lowest BCUT2D eigenvalue weighted by Crippen LogP contribution is -2.10. The monoisotopic (exact) mass is 208 g/mol. The van der Waals surface area contributed by atoms with Gasteiger partial charge in [0.25, 0.3) is 0 Å². The summed E-state index contributed by atoms with van der Waals surface area (Å²) in [5.41, 5.74) is 6.63. The van der Waals surface area contributed by atoms with Gasteiger partial charge in [-0.25, -0.2) is 0 Å². The molecule has 1 aromatic carbocycles. The van der Waals surface area contributed by atoms with Crippen molar-refractivity contribution in [3.63, 3.8) is 0 Å². The molecular weight excluding hydrogens is 200 g/mol. The molecule has 0 aliphatic heterocycles. The van der Waals surface area contributed by atoms with E-state index in [1.54, 1.807) is 18.2 Å². The summed E-state index contributed by atoms with van der Waals surface area (Å²) in [5, 5.41) is 0.301. The molecule has 0 radical (unpaired) electrons. The average molecular weight is 209 g/mol. The Morgan fingerprint density at radius 1 is 1.50 bits per heavy atom. The summed E-state index contributed by atoms with van der Waals surface area (Å²) in [5.74, 6) is -0.514. The van der Waals surface area contributed by atoms with Crippen molar-refractivity contribution < 1.29 is 4.79 Å². The zero-order chi connectivity index (χ0) is 10.7. The zero-order valence-electron chi connectivity index (χ0n) is 7.46. The first-order chi connectivity index (χ1) is 6.56. The minimum atomic E-state index is -0.514. The van der Waals surface area contributed by atoms with Crippen LogP contribution in [0.4, 0.5) is 5.69 Å². The summed E-state index contributed by atoms with van der Waals surface area (Å²) in [6.07, 6.45) is 0. The molecule has 0 saturated heterocycles. The molecule has 0 aromatic heterocycles. The summed E-state index contributed by atoms with van der Waals surface area (Å²) < 4.78 is 0. The quantitative estimate of drug-likeness (QED) is 0.762. The number of primary amides is 1. The number of halogens is 1. The summed E-state index contributed by atoms with van der Waals surface area (Å²) in [6.45, 7) is 6.94. The van der Waals surface area contributed by atoms with Gasteiger partial charge in [-0.15, -0.1) is 0 Å². The molecule has 14 heavy (non-hydrogen) atoms. The highest BCUT2D eigenvalue weighted by Gasteiger charge is 2.07. The maximum atomic E-state index is 10.9. The van der Waals surface area contributed by atoms with Gasteiger partial charge in [0.2, 0.25) is 5.91 Å². The van der Waals surface area contributed by atoms with Crippen LogP contribution in [-0.2, 0) is 0 Å². The lowest BCUT2D eigenvalue weighted by atomic mass is 10.1. The van der Waals surface area contributed by atoms with Crippen LogP contribution in [0.2, 0.25) is 0 Å². The normalized spacial score (nSPS) is 9.50. The second kappa shape index (κ2) is 4.07. The lowest BCUT2D eigenvalue weighted by Gasteiger charge is -2.04. The van der Waals surface area contributed by atoms with E-state index in [4.69, 9.17) is 17.3 Å². The first-order valence-corrected chi connectivity index (χ1v) is 4.19. The van der Waals surface area contributed by atoms with E-state index < -0.39 is 5.91 Å². The lowest BCUT2D eigenvalue weighted by molar-refractivity contribution is 0.100. The van der Waals surface area contributed by atoms with Crippen LogP contribution in [-0.4, -0.2) is 12.6 Å². The number of aliphatic imine (C=N–C) groups is 1. The molecule has 2 N–H and O–H groups in total. The Labute approximate surface area is 86.9 Å². The summed E-state index contributed by atoms with van der Waals surface area (Å²) >= 11 is 5.73. The minimum absolute atomic E-state index is 0.301. The van der Waals surface area contributed by atoms with Crippen LogP contribution in [0.15, 0.2) is 29.8 Å². The van der Waals surface area contributed by atoms with Crippen molar-refractivity contribution in [2.45, 2.75) is 0 Å². The van der Waals surface area contributed by atoms with Gasteiger partial charge in [-0.1, -0.05) is 18.2 Å². The Kier molecular flexibility index (Phi) is 3.04. The number of nitrogens with zero attached hydrogens (tertiary/aromatic N) is 1. The van der Waals surface area contributed by atoms with E-state index in [2.05, 4.69) is 18.3 Å². The van der Waals surface area contributed by atoms with Gasteiger partial charge in [0.15, 0.2) is 0 Å².